The first kappa shape index (κ1) is 19.5. The van der Waals surface area contributed by atoms with Gasteiger partial charge in [0.25, 0.3) is 0 Å². The Morgan fingerprint density at radius 2 is 1.75 bits per heavy atom. The van der Waals surface area contributed by atoms with Gasteiger partial charge in [0.2, 0.25) is 11.8 Å². The van der Waals surface area contributed by atoms with Crippen molar-refractivity contribution in [1.29, 1.82) is 0 Å². The quantitative estimate of drug-likeness (QED) is 0.410. The summed E-state index contributed by atoms with van der Waals surface area (Å²) in [6.45, 7) is 0.790. The molecule has 0 saturated carbocycles. The van der Waals surface area contributed by atoms with Crippen LogP contribution in [0.15, 0.2) is 48.5 Å². The van der Waals surface area contributed by atoms with Crippen molar-refractivity contribution in [2.75, 3.05) is 11.1 Å². The Hall–Kier alpha value is -3.23. The lowest BCUT2D eigenvalue weighted by atomic mass is 10.1. The van der Waals surface area contributed by atoms with Crippen LogP contribution in [0, 0.1) is 10.1 Å². The SMILES string of the molecule is NCc1ccc(Cc2nc(NCc3ccccc3Cl)nc(N)c2[N+](=O)[O-])cc1. The fourth-order valence-electron chi connectivity index (χ4n) is 2.72. The van der Waals surface area contributed by atoms with Gasteiger partial charge in [0.15, 0.2) is 0 Å². The Morgan fingerprint density at radius 1 is 1.07 bits per heavy atom. The molecule has 0 radical (unpaired) electrons. The summed E-state index contributed by atoms with van der Waals surface area (Å²) in [4.78, 5) is 19.2. The summed E-state index contributed by atoms with van der Waals surface area (Å²) in [5, 5.41) is 15.1. The molecule has 3 aromatic rings. The van der Waals surface area contributed by atoms with E-state index in [9.17, 15) is 10.1 Å². The molecule has 1 aromatic heterocycles. The zero-order valence-electron chi connectivity index (χ0n) is 14.9. The Kier molecular flexibility index (Phi) is 6.03. The highest BCUT2D eigenvalue weighted by atomic mass is 35.5. The Morgan fingerprint density at radius 3 is 2.39 bits per heavy atom. The number of benzene rings is 2. The zero-order valence-corrected chi connectivity index (χ0v) is 15.7. The number of hydrogen-bond acceptors (Lipinski definition) is 7. The van der Waals surface area contributed by atoms with E-state index in [1.807, 2.05) is 42.5 Å². The van der Waals surface area contributed by atoms with Gasteiger partial charge < -0.3 is 16.8 Å². The molecule has 28 heavy (non-hydrogen) atoms. The number of halogens is 1. The van der Waals surface area contributed by atoms with E-state index >= 15 is 0 Å². The Balaban J connectivity index is 1.88. The first-order valence-electron chi connectivity index (χ1n) is 8.54. The van der Waals surface area contributed by atoms with Crippen LogP contribution in [-0.4, -0.2) is 14.9 Å². The Bertz CT molecular complexity index is 994. The molecule has 0 aliphatic rings. The van der Waals surface area contributed by atoms with E-state index in [4.69, 9.17) is 23.1 Å². The number of rotatable bonds is 7. The first-order valence-corrected chi connectivity index (χ1v) is 8.91. The maximum atomic E-state index is 11.5. The molecule has 0 spiro atoms. The fourth-order valence-corrected chi connectivity index (χ4v) is 2.93. The summed E-state index contributed by atoms with van der Waals surface area (Å²) < 4.78 is 0. The maximum absolute atomic E-state index is 11.5. The van der Waals surface area contributed by atoms with E-state index in [1.165, 1.54) is 0 Å². The van der Waals surface area contributed by atoms with Gasteiger partial charge in [-0.3, -0.25) is 10.1 Å². The lowest BCUT2D eigenvalue weighted by molar-refractivity contribution is -0.385. The highest BCUT2D eigenvalue weighted by Gasteiger charge is 2.23. The smallest absolute Gasteiger partial charge is 0.332 e. The highest BCUT2D eigenvalue weighted by molar-refractivity contribution is 6.31. The van der Waals surface area contributed by atoms with Crippen LogP contribution in [-0.2, 0) is 19.5 Å². The number of anilines is 2. The third-order valence-corrected chi connectivity index (χ3v) is 4.56. The van der Waals surface area contributed by atoms with Gasteiger partial charge in [0.05, 0.1) is 4.92 Å². The molecule has 0 saturated heterocycles. The molecule has 0 aliphatic heterocycles. The summed E-state index contributed by atoms with van der Waals surface area (Å²) in [7, 11) is 0. The van der Waals surface area contributed by atoms with Crippen LogP contribution in [0.5, 0.6) is 0 Å². The van der Waals surface area contributed by atoms with Crippen LogP contribution in [0.4, 0.5) is 17.5 Å². The van der Waals surface area contributed by atoms with Crippen molar-refractivity contribution in [2.45, 2.75) is 19.5 Å². The summed E-state index contributed by atoms with van der Waals surface area (Å²) in [5.74, 6) is 0.0202. The van der Waals surface area contributed by atoms with E-state index in [0.717, 1.165) is 16.7 Å². The maximum Gasteiger partial charge on any atom is 0.332 e. The number of nitro groups is 1. The second kappa shape index (κ2) is 8.64. The van der Waals surface area contributed by atoms with Crippen LogP contribution in [0.1, 0.15) is 22.4 Å². The molecule has 3 rings (SSSR count). The molecule has 5 N–H and O–H groups in total. The first-order chi connectivity index (χ1) is 13.5. The normalized spacial score (nSPS) is 10.6. The fraction of sp³-hybridized carbons (Fsp3) is 0.158. The van der Waals surface area contributed by atoms with Gasteiger partial charge in [0, 0.05) is 24.5 Å². The minimum absolute atomic E-state index is 0.185. The molecule has 144 valence electrons. The molecular weight excluding hydrogens is 380 g/mol. The number of nitrogen functional groups attached to an aromatic ring is 1. The van der Waals surface area contributed by atoms with Crippen molar-refractivity contribution in [3.8, 4) is 0 Å². The summed E-state index contributed by atoms with van der Waals surface area (Å²) in [5.41, 5.74) is 14.1. The van der Waals surface area contributed by atoms with Crippen LogP contribution in [0.25, 0.3) is 0 Å². The van der Waals surface area contributed by atoms with Crippen molar-refractivity contribution in [1.82, 2.24) is 9.97 Å². The molecule has 8 nitrogen and oxygen atoms in total. The molecule has 1 heterocycles. The van der Waals surface area contributed by atoms with Gasteiger partial charge in [-0.15, -0.1) is 0 Å². The van der Waals surface area contributed by atoms with E-state index in [0.29, 0.717) is 18.1 Å². The number of nitrogens with two attached hydrogens (primary N) is 2. The van der Waals surface area contributed by atoms with E-state index in [-0.39, 0.29) is 29.6 Å². The molecule has 9 heteroatoms. The number of hydrogen-bond donors (Lipinski definition) is 3. The van der Waals surface area contributed by atoms with E-state index in [2.05, 4.69) is 15.3 Å². The largest absolute Gasteiger partial charge is 0.378 e. The molecule has 0 fully saturated rings. The monoisotopic (exact) mass is 398 g/mol. The van der Waals surface area contributed by atoms with Crippen molar-refractivity contribution in [3.05, 3.63) is 86.1 Å². The minimum atomic E-state index is -0.559. The van der Waals surface area contributed by atoms with Gasteiger partial charge in [-0.25, -0.2) is 4.98 Å². The molecular formula is C19H19ClN6O2. The zero-order chi connectivity index (χ0) is 20.1. The van der Waals surface area contributed by atoms with Crippen molar-refractivity contribution >= 4 is 29.1 Å². The predicted octanol–water partition coefficient (Wildman–Crippen LogP) is 3.28. The molecule has 2 aromatic carbocycles. The van der Waals surface area contributed by atoms with Gasteiger partial charge in [0.1, 0.15) is 5.69 Å². The predicted molar refractivity (Wildman–Crippen MR) is 109 cm³/mol. The van der Waals surface area contributed by atoms with Crippen LogP contribution in [0.2, 0.25) is 5.02 Å². The van der Waals surface area contributed by atoms with Crippen molar-refractivity contribution in [2.24, 2.45) is 5.73 Å². The van der Waals surface area contributed by atoms with Gasteiger partial charge in [-0.1, -0.05) is 54.1 Å². The highest BCUT2D eigenvalue weighted by Crippen LogP contribution is 2.27. The number of aromatic nitrogens is 2. The third-order valence-electron chi connectivity index (χ3n) is 4.19. The lowest BCUT2D eigenvalue weighted by Crippen LogP contribution is -2.11. The van der Waals surface area contributed by atoms with Gasteiger partial charge >= 0.3 is 5.69 Å². The van der Waals surface area contributed by atoms with Crippen molar-refractivity contribution < 1.29 is 4.92 Å². The minimum Gasteiger partial charge on any atom is -0.378 e. The summed E-state index contributed by atoms with van der Waals surface area (Å²) in [6, 6.07) is 14.8. The van der Waals surface area contributed by atoms with Crippen molar-refractivity contribution in [3.63, 3.8) is 0 Å². The van der Waals surface area contributed by atoms with Gasteiger partial charge in [-0.2, -0.15) is 4.98 Å². The second-order valence-corrected chi connectivity index (χ2v) is 6.53. The summed E-state index contributed by atoms with van der Waals surface area (Å²) in [6.07, 6.45) is 0.245. The molecule has 0 aliphatic carbocycles. The molecule has 0 bridgehead atoms. The van der Waals surface area contributed by atoms with Crippen LogP contribution >= 0.6 is 11.6 Å². The number of nitrogens with zero attached hydrogens (tertiary/aromatic N) is 3. The second-order valence-electron chi connectivity index (χ2n) is 6.13. The van der Waals surface area contributed by atoms with Crippen LogP contribution < -0.4 is 16.8 Å². The average Bonchev–Trinajstić information content (AvgIpc) is 2.67. The topological polar surface area (TPSA) is 133 Å². The lowest BCUT2D eigenvalue weighted by Gasteiger charge is -2.10. The third kappa shape index (κ3) is 4.54. The molecule has 0 amide bonds. The van der Waals surface area contributed by atoms with Gasteiger partial charge in [-0.05, 0) is 22.8 Å². The summed E-state index contributed by atoms with van der Waals surface area (Å²) >= 11 is 6.15. The Labute approximate surface area is 166 Å². The average molecular weight is 399 g/mol. The standard InChI is InChI=1S/C19H19ClN6O2/c20-15-4-2-1-3-14(15)11-23-19-24-16(17(26(27)28)18(22)25-19)9-12-5-7-13(10-21)8-6-12/h1-8H,9-11,21H2,(H3,22,23,24,25). The molecule has 0 atom stereocenters. The van der Waals surface area contributed by atoms with E-state index < -0.39 is 4.92 Å². The molecule has 0 unspecified atom stereocenters. The van der Waals surface area contributed by atoms with E-state index in [1.54, 1.807) is 6.07 Å². The number of nitrogens with one attached hydrogen (secondary N) is 1. The van der Waals surface area contributed by atoms with Crippen LogP contribution in [0.3, 0.4) is 0 Å².